The van der Waals surface area contributed by atoms with E-state index in [9.17, 15) is 9.59 Å². The van der Waals surface area contributed by atoms with E-state index in [0.29, 0.717) is 49.1 Å². The Morgan fingerprint density at radius 3 is 1.24 bits per heavy atom. The summed E-state index contributed by atoms with van der Waals surface area (Å²) in [5.74, 6) is 1.47. The molecule has 2 fully saturated rings. The summed E-state index contributed by atoms with van der Waals surface area (Å²) in [6, 6.07) is 1.53. The van der Waals surface area contributed by atoms with Crippen molar-refractivity contribution < 1.29 is 28.5 Å². The van der Waals surface area contributed by atoms with Gasteiger partial charge in [-0.3, -0.25) is 29.7 Å². The van der Waals surface area contributed by atoms with Gasteiger partial charge in [-0.15, -0.1) is 0 Å². The Hall–Kier alpha value is -4.53. The minimum absolute atomic E-state index is 0.258. The molecule has 2 aliphatic rings. The number of likely N-dealkylation sites (tertiary alicyclic amines) is 2. The average Bonchev–Trinajstić information content (AvgIpc) is 3.99. The van der Waals surface area contributed by atoms with Crippen LogP contribution >= 0.6 is 0 Å². The smallest absolute Gasteiger partial charge is 0.410 e. The summed E-state index contributed by atoms with van der Waals surface area (Å²) < 4.78 is 28.1. The first kappa shape index (κ1) is 47.0. The third-order valence-corrected chi connectivity index (χ3v) is 14.1. The molecule has 16 nitrogen and oxygen atoms in total. The topological polar surface area (TPSA) is 165 Å². The van der Waals surface area contributed by atoms with Crippen LogP contribution in [0, 0.1) is 0 Å². The largest absolute Gasteiger partial charge is 0.444 e. The van der Waals surface area contributed by atoms with Crippen molar-refractivity contribution in [3.05, 3.63) is 48.8 Å². The molecular formula is C44H68N10O6Si2. The normalized spacial score (nSPS) is 17.5. The van der Waals surface area contributed by atoms with Gasteiger partial charge in [0.05, 0.1) is 60.7 Å². The Bertz CT molecular complexity index is 1980. The molecule has 2 atom stereocenters. The molecular weight excluding hydrogens is 821 g/mol. The molecule has 0 spiro atoms. The highest BCUT2D eigenvalue weighted by molar-refractivity contribution is 6.76. The summed E-state index contributed by atoms with van der Waals surface area (Å²) in [7, 11) is -2.64. The maximum absolute atomic E-state index is 13.3. The molecule has 6 heterocycles. The molecule has 0 bridgehead atoms. The molecule has 0 N–H and O–H groups in total. The van der Waals surface area contributed by atoms with Crippen LogP contribution in [0.4, 0.5) is 9.59 Å². The first-order valence-corrected chi connectivity index (χ1v) is 29.4. The summed E-state index contributed by atoms with van der Waals surface area (Å²) in [6.45, 7) is 28.2. The molecule has 0 aliphatic carbocycles. The van der Waals surface area contributed by atoms with Gasteiger partial charge < -0.3 is 28.1 Å². The second-order valence-electron chi connectivity index (χ2n) is 20.8. The second-order valence-corrected chi connectivity index (χ2v) is 32.0. The highest BCUT2D eigenvalue weighted by Crippen LogP contribution is 2.37. The van der Waals surface area contributed by atoms with E-state index in [0.717, 1.165) is 60.8 Å². The zero-order chi connectivity index (χ0) is 45.0. The first-order valence-electron chi connectivity index (χ1n) is 22.0. The van der Waals surface area contributed by atoms with Gasteiger partial charge in [0.15, 0.2) is 0 Å². The van der Waals surface area contributed by atoms with E-state index in [1.807, 2.05) is 50.7 Å². The fraction of sp³-hybridized carbons (Fsp3) is 0.636. The van der Waals surface area contributed by atoms with Crippen LogP contribution in [0.25, 0.3) is 34.2 Å². The molecule has 2 saturated heterocycles. The predicted molar refractivity (Wildman–Crippen MR) is 244 cm³/mol. The lowest BCUT2D eigenvalue weighted by atomic mass is 10.2. The van der Waals surface area contributed by atoms with Gasteiger partial charge in [0.2, 0.25) is 0 Å². The fourth-order valence-electron chi connectivity index (χ4n) is 7.39. The van der Waals surface area contributed by atoms with E-state index in [1.54, 1.807) is 47.0 Å². The van der Waals surface area contributed by atoms with Crippen molar-refractivity contribution in [2.24, 2.45) is 0 Å². The van der Waals surface area contributed by atoms with Crippen LogP contribution in [0.1, 0.15) is 91.0 Å². The summed E-state index contributed by atoms with van der Waals surface area (Å²) in [5.41, 5.74) is 2.61. The van der Waals surface area contributed by atoms with Crippen molar-refractivity contribution in [3.8, 4) is 34.2 Å². The molecule has 4 aromatic heterocycles. The number of hydrogen-bond donors (Lipinski definition) is 0. The van der Waals surface area contributed by atoms with Gasteiger partial charge in [-0.1, -0.05) is 39.3 Å². The number of imidazole rings is 2. The van der Waals surface area contributed by atoms with Crippen molar-refractivity contribution in [2.45, 2.75) is 155 Å². The van der Waals surface area contributed by atoms with E-state index < -0.39 is 27.3 Å². The maximum atomic E-state index is 13.3. The monoisotopic (exact) mass is 888 g/mol. The zero-order valence-electron chi connectivity index (χ0n) is 39.0. The van der Waals surface area contributed by atoms with E-state index in [1.165, 1.54) is 0 Å². The summed E-state index contributed by atoms with van der Waals surface area (Å²) in [5, 5.41) is 0. The molecule has 0 radical (unpaired) electrons. The van der Waals surface area contributed by atoms with E-state index >= 15 is 0 Å². The van der Waals surface area contributed by atoms with Gasteiger partial charge in [0.25, 0.3) is 0 Å². The SMILES string of the molecule is CC(C)(C)OC(=O)N1CCC[C@H]1c1ncc(-c2cnc(-c3cnc(-c4cnc([C@@H]5CCCN5C(=O)OC(C)(C)C)n4COCC[Si](C)(C)C)cn3)cn2)n1COCC[Si](C)(C)C. The van der Waals surface area contributed by atoms with Crippen LogP contribution in [-0.2, 0) is 32.4 Å². The Kier molecular flexibility index (Phi) is 14.4. The Morgan fingerprint density at radius 2 is 0.919 bits per heavy atom. The van der Waals surface area contributed by atoms with Crippen LogP contribution in [0.15, 0.2) is 37.2 Å². The van der Waals surface area contributed by atoms with Gasteiger partial charge >= 0.3 is 12.2 Å². The number of ether oxygens (including phenoxy) is 4. The van der Waals surface area contributed by atoms with E-state index in [4.69, 9.17) is 48.9 Å². The van der Waals surface area contributed by atoms with Crippen LogP contribution in [-0.4, -0.2) is 115 Å². The highest BCUT2D eigenvalue weighted by atomic mass is 28.3. The number of aromatic nitrogens is 8. The molecule has 338 valence electrons. The molecule has 2 amide bonds. The van der Waals surface area contributed by atoms with Gasteiger partial charge in [-0.2, -0.15) is 0 Å². The minimum atomic E-state index is -1.32. The number of amides is 2. The lowest BCUT2D eigenvalue weighted by Crippen LogP contribution is -2.37. The molecule has 4 aromatic rings. The van der Waals surface area contributed by atoms with Crippen molar-refractivity contribution >= 4 is 28.3 Å². The van der Waals surface area contributed by atoms with Crippen molar-refractivity contribution in [2.75, 3.05) is 26.3 Å². The minimum Gasteiger partial charge on any atom is -0.444 e. The first-order chi connectivity index (χ1) is 29.1. The third kappa shape index (κ3) is 12.3. The number of hydrogen-bond acceptors (Lipinski definition) is 12. The van der Waals surface area contributed by atoms with E-state index in [-0.39, 0.29) is 37.7 Å². The average molecular weight is 889 g/mol. The molecule has 0 aromatic carbocycles. The van der Waals surface area contributed by atoms with Crippen molar-refractivity contribution in [1.29, 1.82) is 0 Å². The third-order valence-electron chi connectivity index (χ3n) is 10.7. The van der Waals surface area contributed by atoms with Crippen LogP contribution in [0.5, 0.6) is 0 Å². The van der Waals surface area contributed by atoms with Gasteiger partial charge in [-0.25, -0.2) is 19.6 Å². The Labute approximate surface area is 369 Å². The Balaban J connectivity index is 1.24. The molecule has 6 rings (SSSR count). The predicted octanol–water partition coefficient (Wildman–Crippen LogP) is 9.43. The summed E-state index contributed by atoms with van der Waals surface area (Å²) in [4.78, 5) is 59.0. The standard InChI is InChI=1S/C44H68N10O6Si2/c1-43(2,3)59-41(55)51-17-13-15-35(51)39-49-27-37(53(39)29-57-19-21-61(7,8)9)33-25-45-31(23-47-33)32-24-48-34(26-46-32)38-28-50-40(54(38)30-58-20-22-62(10,11)12)36-16-14-18-52(36)42(56)60-44(4,5)6/h23-28,35-36H,13-22,29-30H2,1-12H3/t35-,36-/m0/s1. The lowest BCUT2D eigenvalue weighted by Gasteiger charge is -2.29. The van der Waals surface area contributed by atoms with Gasteiger partial charge in [-0.05, 0) is 79.3 Å². The molecule has 2 aliphatic heterocycles. The number of rotatable bonds is 15. The number of nitrogens with zero attached hydrogens (tertiary/aromatic N) is 10. The lowest BCUT2D eigenvalue weighted by molar-refractivity contribution is 0.0195. The highest BCUT2D eigenvalue weighted by Gasteiger charge is 2.38. The molecule has 0 saturated carbocycles. The van der Waals surface area contributed by atoms with Crippen LogP contribution in [0.2, 0.25) is 51.4 Å². The van der Waals surface area contributed by atoms with Crippen LogP contribution in [0.3, 0.4) is 0 Å². The van der Waals surface area contributed by atoms with Crippen molar-refractivity contribution in [3.63, 3.8) is 0 Å². The number of carbonyl (C=O) groups excluding carboxylic acids is 2. The molecule has 0 unspecified atom stereocenters. The van der Waals surface area contributed by atoms with Crippen LogP contribution < -0.4 is 0 Å². The van der Waals surface area contributed by atoms with Gasteiger partial charge in [0.1, 0.15) is 59.1 Å². The van der Waals surface area contributed by atoms with Crippen molar-refractivity contribution in [1.82, 2.24) is 48.8 Å². The molecule has 18 heteroatoms. The van der Waals surface area contributed by atoms with Gasteiger partial charge in [0, 0.05) is 42.5 Å². The maximum Gasteiger partial charge on any atom is 0.410 e. The Morgan fingerprint density at radius 1 is 0.565 bits per heavy atom. The second kappa shape index (κ2) is 19.1. The molecule has 62 heavy (non-hydrogen) atoms. The zero-order valence-corrected chi connectivity index (χ0v) is 41.0. The summed E-state index contributed by atoms with van der Waals surface area (Å²) in [6.07, 6.45) is 12.9. The summed E-state index contributed by atoms with van der Waals surface area (Å²) >= 11 is 0. The quantitative estimate of drug-likeness (QED) is 0.0822. The number of carbonyl (C=O) groups is 2. The van der Waals surface area contributed by atoms with E-state index in [2.05, 4.69) is 39.3 Å². The fourth-order valence-corrected chi connectivity index (χ4v) is 8.91.